The minimum Gasteiger partial charge on any atom is -0.808 e. The summed E-state index contributed by atoms with van der Waals surface area (Å²) in [5.41, 5.74) is 3.51. The zero-order chi connectivity index (χ0) is 23.2. The molecule has 30 heavy (non-hydrogen) atoms. The molecule has 0 atom stereocenters. The molecule has 0 amide bonds. The largest absolute Gasteiger partial charge is 0.808 e. The molecule has 0 heterocycles. The van der Waals surface area contributed by atoms with E-state index in [1.165, 1.54) is 49.7 Å². The Kier molecular flexibility index (Phi) is 17.2. The van der Waals surface area contributed by atoms with E-state index in [1.54, 1.807) is 0 Å². The van der Waals surface area contributed by atoms with E-state index in [0.29, 0.717) is 11.8 Å². The van der Waals surface area contributed by atoms with Crippen LogP contribution in [0.1, 0.15) is 110 Å². The number of hydrogen-bond acceptors (Lipinski definition) is 1. The summed E-state index contributed by atoms with van der Waals surface area (Å²) < 4.78 is 4.48. The molecule has 0 aliphatic rings. The van der Waals surface area contributed by atoms with E-state index in [1.807, 2.05) is 0 Å². The molecular formula is C24H44Cl2N2PV-. The molecular weight excluding hydrogens is 469 g/mol. The molecule has 0 aliphatic carbocycles. The average Bonchev–Trinajstić information content (AvgIpc) is 2.69. The Hall–Kier alpha value is 0.414. The number of unbranched alkanes of at least 4 members (excludes halogenated alkanes) is 3. The van der Waals surface area contributed by atoms with E-state index in [0.717, 1.165) is 24.2 Å². The maximum Gasteiger partial charge on any atom is -0.0512 e. The van der Waals surface area contributed by atoms with Gasteiger partial charge in [-0.3, -0.25) is 0 Å². The van der Waals surface area contributed by atoms with Crippen molar-refractivity contribution in [3.05, 3.63) is 34.5 Å². The minimum atomic E-state index is -2.03. The van der Waals surface area contributed by atoms with Gasteiger partial charge in [-0.2, -0.15) is 0 Å². The van der Waals surface area contributed by atoms with Gasteiger partial charge < -0.3 is 5.16 Å². The molecule has 0 aliphatic heterocycles. The number of rotatable bonds is 12. The smallest absolute Gasteiger partial charge is 0.0512 e. The fraction of sp³-hybridized carbons (Fsp3) is 0.750. The second-order valence-corrected chi connectivity index (χ2v) is 16.6. The molecule has 0 N–H and O–H groups in total. The van der Waals surface area contributed by atoms with Crippen molar-refractivity contribution in [2.75, 3.05) is 18.5 Å². The van der Waals surface area contributed by atoms with Crippen molar-refractivity contribution in [2.45, 2.75) is 98.8 Å². The van der Waals surface area contributed by atoms with Gasteiger partial charge in [-0.15, -0.1) is 0 Å². The van der Waals surface area contributed by atoms with Crippen molar-refractivity contribution in [1.82, 2.24) is 0 Å². The van der Waals surface area contributed by atoms with Crippen molar-refractivity contribution in [2.24, 2.45) is 3.79 Å². The van der Waals surface area contributed by atoms with E-state index in [2.05, 4.69) is 70.5 Å². The van der Waals surface area contributed by atoms with Gasteiger partial charge in [-0.05, 0) is 0 Å². The van der Waals surface area contributed by atoms with Crippen LogP contribution < -0.4 is 0 Å². The summed E-state index contributed by atoms with van der Waals surface area (Å²) in [6, 6.07) is 6.31. The first-order chi connectivity index (χ1) is 14.1. The molecule has 0 unspecified atom stereocenters. The summed E-state index contributed by atoms with van der Waals surface area (Å²) in [7, 11) is 10.3. The summed E-state index contributed by atoms with van der Waals surface area (Å²) >= 11 is -2.03. The zero-order valence-corrected chi connectivity index (χ0v) is 24.1. The Bertz CT molecular complexity index is 616. The van der Waals surface area contributed by atoms with Crippen LogP contribution in [0.3, 0.4) is 0 Å². The summed E-state index contributed by atoms with van der Waals surface area (Å²) in [6.07, 6.45) is 10.7. The first-order valence-corrected chi connectivity index (χ1v) is 18.4. The summed E-state index contributed by atoms with van der Waals surface area (Å²) in [5, 5.41) is 10.5. The van der Waals surface area contributed by atoms with Crippen molar-refractivity contribution in [3.63, 3.8) is 0 Å². The molecule has 175 valence electrons. The van der Waals surface area contributed by atoms with Gasteiger partial charge in [-0.1, -0.05) is 77.8 Å². The van der Waals surface area contributed by atoms with Crippen LogP contribution in [-0.4, -0.2) is 18.5 Å². The molecule has 0 saturated heterocycles. The van der Waals surface area contributed by atoms with E-state index in [4.69, 9.17) is 19.7 Å². The Balaban J connectivity index is 0.000000567. The third-order valence-electron chi connectivity index (χ3n) is 5.30. The summed E-state index contributed by atoms with van der Waals surface area (Å²) in [5.74, 6) is 0.888. The van der Waals surface area contributed by atoms with Crippen LogP contribution in [-0.2, 0) is 13.1 Å². The molecule has 0 fully saturated rings. The molecule has 0 saturated carbocycles. The van der Waals surface area contributed by atoms with Gasteiger partial charge in [0.2, 0.25) is 0 Å². The van der Waals surface area contributed by atoms with Gasteiger partial charge in [-0.25, -0.2) is 7.05 Å². The Morgan fingerprint density at radius 1 is 0.833 bits per heavy atom. The second kappa shape index (κ2) is 17.0. The van der Waals surface area contributed by atoms with Gasteiger partial charge in [0.15, 0.2) is 0 Å². The van der Waals surface area contributed by atoms with Crippen molar-refractivity contribution >= 4 is 32.4 Å². The number of benzene rings is 1. The Morgan fingerprint density at radius 2 is 1.20 bits per heavy atom. The van der Waals surface area contributed by atoms with Gasteiger partial charge in [0.05, 0.1) is 0 Å². The van der Waals surface area contributed by atoms with Crippen LogP contribution in [0.4, 0.5) is 5.69 Å². The van der Waals surface area contributed by atoms with E-state index >= 15 is 0 Å². The van der Waals surface area contributed by atoms with Crippen LogP contribution in [0.5, 0.6) is 0 Å². The predicted octanol–water partition coefficient (Wildman–Crippen LogP) is 10.8. The van der Waals surface area contributed by atoms with Crippen molar-refractivity contribution < 1.29 is 13.1 Å². The van der Waals surface area contributed by atoms with Crippen molar-refractivity contribution in [3.8, 4) is 0 Å². The van der Waals surface area contributed by atoms with Crippen LogP contribution in [0.15, 0.2) is 22.0 Å². The second-order valence-electron chi connectivity index (χ2n) is 8.74. The molecule has 1 aromatic rings. The maximum absolute atomic E-state index is 10.5. The number of halogens is 2. The number of nitrogens with zero attached hydrogens (tertiary/aromatic N) is 2. The third kappa shape index (κ3) is 12.5. The molecule has 6 heteroatoms. The quantitative estimate of drug-likeness (QED) is 0.249. The van der Waals surface area contributed by atoms with Gasteiger partial charge in [0.25, 0.3) is 0 Å². The molecule has 0 radical (unpaired) electrons. The van der Waals surface area contributed by atoms with Crippen LogP contribution >= 0.6 is 26.8 Å². The first-order valence-electron chi connectivity index (χ1n) is 11.7. The Morgan fingerprint density at radius 3 is 1.47 bits per heavy atom. The molecule has 0 aromatic heterocycles. The normalized spacial score (nSPS) is 11.4. The predicted molar refractivity (Wildman–Crippen MR) is 138 cm³/mol. The first kappa shape index (κ1) is 30.4. The van der Waals surface area contributed by atoms with Gasteiger partial charge >= 0.3 is 111 Å². The third-order valence-corrected chi connectivity index (χ3v) is 9.92. The van der Waals surface area contributed by atoms with E-state index in [9.17, 15) is 5.16 Å². The monoisotopic (exact) mass is 512 g/mol. The topological polar surface area (TPSA) is 34.7 Å². The van der Waals surface area contributed by atoms with E-state index in [-0.39, 0.29) is 0 Å². The standard InChI is InChI=1S/C12H27NP.C12H17N.2ClH.V/c1-4-7-10-14(13,11-8-5-2)12-9-6-3;1-8(2)10-6-5-7-11(9(3)4)12(10)13;;;/h4-12H2,1-3H3;5-9H,1-4H3;2*1H;/q-1;;;;+2/p-2. The fourth-order valence-electron chi connectivity index (χ4n) is 3.40. The SMILES string of the molecule is CC(C)c1cccc(C(C)C)c1[N]=[V]([Cl])[Cl].CCCCP(=[N-])(CCCC)CCCC. The van der Waals surface area contributed by atoms with Crippen LogP contribution in [0.25, 0.3) is 5.16 Å². The number of hydrogen-bond donors (Lipinski definition) is 0. The molecule has 2 nitrogen and oxygen atoms in total. The zero-order valence-electron chi connectivity index (χ0n) is 20.3. The summed E-state index contributed by atoms with van der Waals surface area (Å²) in [6.45, 7) is 15.3. The minimum absolute atomic E-state index is 0.444. The summed E-state index contributed by atoms with van der Waals surface area (Å²) in [4.78, 5) is 0. The van der Waals surface area contributed by atoms with Crippen LogP contribution in [0, 0.1) is 0 Å². The fourth-order valence-corrected chi connectivity index (χ4v) is 8.00. The van der Waals surface area contributed by atoms with Crippen LogP contribution in [0.2, 0.25) is 0 Å². The molecule has 1 rings (SSSR count). The Labute approximate surface area is 200 Å². The molecule has 0 bridgehead atoms. The molecule has 0 spiro atoms. The van der Waals surface area contributed by atoms with E-state index < -0.39 is 20.1 Å². The van der Waals surface area contributed by atoms with Gasteiger partial charge in [0.1, 0.15) is 0 Å². The molecule has 1 aromatic carbocycles. The van der Waals surface area contributed by atoms with Crippen molar-refractivity contribution in [1.29, 1.82) is 0 Å². The average molecular weight is 513 g/mol. The maximum atomic E-state index is 10.5. The van der Waals surface area contributed by atoms with Gasteiger partial charge in [0, 0.05) is 0 Å².